The SMILES string of the molecule is CNCC1CCN(S(=O)(=O)Nc2ccc(=O)[nH]n2)CC1. The summed E-state index contributed by atoms with van der Waals surface area (Å²) in [6.07, 6.45) is 1.67. The van der Waals surface area contributed by atoms with Crippen molar-refractivity contribution in [3.63, 3.8) is 0 Å². The van der Waals surface area contributed by atoms with E-state index in [0.717, 1.165) is 19.4 Å². The van der Waals surface area contributed by atoms with Crippen LogP contribution >= 0.6 is 0 Å². The topological polar surface area (TPSA) is 107 Å². The Kier molecular flexibility index (Phi) is 4.73. The number of rotatable bonds is 5. The Labute approximate surface area is 117 Å². The lowest BCUT2D eigenvalue weighted by atomic mass is 9.98. The minimum atomic E-state index is -3.61. The number of aromatic nitrogens is 2. The Morgan fingerprint density at radius 2 is 2.10 bits per heavy atom. The van der Waals surface area contributed by atoms with Crippen molar-refractivity contribution in [3.8, 4) is 0 Å². The standard InChI is InChI=1S/C11H19N5O3S/c1-12-8-9-4-6-16(7-5-9)20(18,19)15-10-2-3-11(17)14-13-10/h2-3,9,12H,4-8H2,1H3,(H,13,15)(H,14,17). The molecule has 1 fully saturated rings. The quantitative estimate of drug-likeness (QED) is 0.670. The molecular weight excluding hydrogens is 282 g/mol. The lowest BCUT2D eigenvalue weighted by Crippen LogP contribution is -2.43. The molecule has 112 valence electrons. The van der Waals surface area contributed by atoms with Gasteiger partial charge in [-0.1, -0.05) is 0 Å². The maximum Gasteiger partial charge on any atom is 0.302 e. The molecule has 3 N–H and O–H groups in total. The van der Waals surface area contributed by atoms with Crippen LogP contribution in [-0.2, 0) is 10.2 Å². The first-order valence-electron chi connectivity index (χ1n) is 6.49. The van der Waals surface area contributed by atoms with Gasteiger partial charge in [-0.3, -0.25) is 9.52 Å². The molecule has 1 aliphatic rings. The van der Waals surface area contributed by atoms with Gasteiger partial charge in [-0.2, -0.15) is 17.8 Å². The number of nitrogens with zero attached hydrogens (tertiary/aromatic N) is 2. The third kappa shape index (κ3) is 3.78. The number of H-pyrrole nitrogens is 1. The van der Waals surface area contributed by atoms with E-state index in [4.69, 9.17) is 0 Å². The molecule has 0 bridgehead atoms. The summed E-state index contributed by atoms with van der Waals surface area (Å²) in [5.41, 5.74) is -0.374. The molecule has 1 aromatic heterocycles. The summed E-state index contributed by atoms with van der Waals surface area (Å²) < 4.78 is 28.1. The molecule has 0 amide bonds. The van der Waals surface area contributed by atoms with E-state index in [1.807, 2.05) is 7.05 Å². The molecule has 0 spiro atoms. The van der Waals surface area contributed by atoms with Crippen molar-refractivity contribution >= 4 is 16.0 Å². The predicted molar refractivity (Wildman–Crippen MR) is 75.6 cm³/mol. The molecular formula is C11H19N5O3S. The van der Waals surface area contributed by atoms with Crippen LogP contribution in [0.1, 0.15) is 12.8 Å². The van der Waals surface area contributed by atoms with Gasteiger partial charge in [-0.25, -0.2) is 5.10 Å². The Balaban J connectivity index is 1.97. The van der Waals surface area contributed by atoms with Crippen molar-refractivity contribution in [1.29, 1.82) is 0 Å². The van der Waals surface area contributed by atoms with Crippen molar-refractivity contribution < 1.29 is 8.42 Å². The van der Waals surface area contributed by atoms with Crippen LogP contribution in [0.4, 0.5) is 5.82 Å². The van der Waals surface area contributed by atoms with Crippen LogP contribution in [0.3, 0.4) is 0 Å². The Bertz CT molecular complexity index is 572. The van der Waals surface area contributed by atoms with E-state index in [2.05, 4.69) is 20.2 Å². The van der Waals surface area contributed by atoms with Crippen LogP contribution < -0.4 is 15.6 Å². The number of nitrogens with one attached hydrogen (secondary N) is 3. The lowest BCUT2D eigenvalue weighted by Gasteiger charge is -2.30. The zero-order valence-corrected chi connectivity index (χ0v) is 12.1. The second kappa shape index (κ2) is 6.33. The summed E-state index contributed by atoms with van der Waals surface area (Å²) in [5, 5.41) is 8.94. The number of hydrogen-bond acceptors (Lipinski definition) is 5. The average Bonchev–Trinajstić information content (AvgIpc) is 2.42. The van der Waals surface area contributed by atoms with Crippen molar-refractivity contribution in [3.05, 3.63) is 22.5 Å². The molecule has 1 aliphatic heterocycles. The second-order valence-electron chi connectivity index (χ2n) is 4.81. The molecule has 0 aromatic carbocycles. The van der Waals surface area contributed by atoms with Gasteiger partial charge in [0.2, 0.25) is 0 Å². The molecule has 1 saturated heterocycles. The van der Waals surface area contributed by atoms with Crippen molar-refractivity contribution in [2.45, 2.75) is 12.8 Å². The molecule has 1 aromatic rings. The summed E-state index contributed by atoms with van der Waals surface area (Å²) in [5.74, 6) is 0.625. The van der Waals surface area contributed by atoms with Gasteiger partial charge in [0.1, 0.15) is 0 Å². The molecule has 2 heterocycles. The third-order valence-corrected chi connectivity index (χ3v) is 4.83. The van der Waals surface area contributed by atoms with Crippen LogP contribution in [0.5, 0.6) is 0 Å². The maximum atomic E-state index is 12.2. The fraction of sp³-hybridized carbons (Fsp3) is 0.636. The second-order valence-corrected chi connectivity index (χ2v) is 6.48. The highest BCUT2D eigenvalue weighted by molar-refractivity contribution is 7.90. The summed E-state index contributed by atoms with van der Waals surface area (Å²) in [6, 6.07) is 2.56. The average molecular weight is 301 g/mol. The Morgan fingerprint density at radius 1 is 1.40 bits per heavy atom. The van der Waals surface area contributed by atoms with Gasteiger partial charge >= 0.3 is 10.2 Å². The third-order valence-electron chi connectivity index (χ3n) is 3.32. The van der Waals surface area contributed by atoms with Gasteiger partial charge in [0, 0.05) is 19.2 Å². The minimum Gasteiger partial charge on any atom is -0.319 e. The number of hydrogen-bond donors (Lipinski definition) is 3. The smallest absolute Gasteiger partial charge is 0.302 e. The van der Waals surface area contributed by atoms with Gasteiger partial charge in [0.15, 0.2) is 5.82 Å². The Morgan fingerprint density at radius 3 is 2.65 bits per heavy atom. The van der Waals surface area contributed by atoms with Crippen LogP contribution in [-0.4, -0.2) is 49.6 Å². The van der Waals surface area contributed by atoms with Gasteiger partial charge < -0.3 is 5.32 Å². The van der Waals surface area contributed by atoms with E-state index in [-0.39, 0.29) is 11.4 Å². The van der Waals surface area contributed by atoms with Crippen LogP contribution in [0, 0.1) is 5.92 Å². The Hall–Kier alpha value is -1.45. The first kappa shape index (κ1) is 14.9. The first-order chi connectivity index (χ1) is 9.51. The molecule has 2 rings (SSSR count). The van der Waals surface area contributed by atoms with Crippen LogP contribution in [0.2, 0.25) is 0 Å². The zero-order chi connectivity index (χ0) is 14.6. The fourth-order valence-corrected chi connectivity index (χ4v) is 3.44. The van der Waals surface area contributed by atoms with Crippen molar-refractivity contribution in [1.82, 2.24) is 19.8 Å². The highest BCUT2D eigenvalue weighted by atomic mass is 32.2. The fourth-order valence-electron chi connectivity index (χ4n) is 2.24. The van der Waals surface area contributed by atoms with E-state index in [0.29, 0.717) is 19.0 Å². The van der Waals surface area contributed by atoms with Crippen LogP contribution in [0.15, 0.2) is 16.9 Å². The molecule has 0 radical (unpaired) electrons. The summed E-state index contributed by atoms with van der Waals surface area (Å²) >= 11 is 0. The maximum absolute atomic E-state index is 12.2. The zero-order valence-electron chi connectivity index (χ0n) is 11.3. The van der Waals surface area contributed by atoms with Crippen LogP contribution in [0.25, 0.3) is 0 Å². The van der Waals surface area contributed by atoms with E-state index in [9.17, 15) is 13.2 Å². The molecule has 20 heavy (non-hydrogen) atoms. The van der Waals surface area contributed by atoms with Gasteiger partial charge in [-0.05, 0) is 38.4 Å². The van der Waals surface area contributed by atoms with E-state index in [1.165, 1.54) is 16.4 Å². The predicted octanol–water partition coefficient (Wildman–Crippen LogP) is -0.642. The normalized spacial score (nSPS) is 18.1. The van der Waals surface area contributed by atoms with E-state index >= 15 is 0 Å². The highest BCUT2D eigenvalue weighted by Gasteiger charge is 2.27. The summed E-state index contributed by atoms with van der Waals surface area (Å²) in [7, 11) is -1.71. The van der Waals surface area contributed by atoms with Gasteiger partial charge in [-0.15, -0.1) is 0 Å². The highest BCUT2D eigenvalue weighted by Crippen LogP contribution is 2.19. The number of piperidine rings is 1. The molecule has 8 nitrogen and oxygen atoms in total. The molecule has 9 heteroatoms. The minimum absolute atomic E-state index is 0.113. The number of aromatic amines is 1. The summed E-state index contributed by atoms with van der Waals surface area (Å²) in [6.45, 7) is 1.89. The largest absolute Gasteiger partial charge is 0.319 e. The lowest BCUT2D eigenvalue weighted by molar-refractivity contribution is 0.272. The van der Waals surface area contributed by atoms with Crippen molar-refractivity contribution in [2.24, 2.45) is 5.92 Å². The summed E-state index contributed by atoms with van der Waals surface area (Å²) in [4.78, 5) is 10.9. The van der Waals surface area contributed by atoms with E-state index < -0.39 is 10.2 Å². The van der Waals surface area contributed by atoms with Crippen molar-refractivity contribution in [2.75, 3.05) is 31.4 Å². The molecule has 0 unspecified atom stereocenters. The monoisotopic (exact) mass is 301 g/mol. The van der Waals surface area contributed by atoms with E-state index in [1.54, 1.807) is 0 Å². The molecule has 0 aliphatic carbocycles. The van der Waals surface area contributed by atoms with Gasteiger partial charge in [0.25, 0.3) is 5.56 Å². The number of anilines is 1. The van der Waals surface area contributed by atoms with Gasteiger partial charge in [0.05, 0.1) is 0 Å². The molecule has 0 saturated carbocycles. The molecule has 0 atom stereocenters. The first-order valence-corrected chi connectivity index (χ1v) is 7.93.